The lowest BCUT2D eigenvalue weighted by molar-refractivity contribution is -0.138. The lowest BCUT2D eigenvalue weighted by Crippen LogP contribution is -2.32. The van der Waals surface area contributed by atoms with Crippen LogP contribution in [0.3, 0.4) is 0 Å². The molecule has 0 saturated heterocycles. The number of benzene rings is 1. The zero-order valence-electron chi connectivity index (χ0n) is 11.3. The van der Waals surface area contributed by atoms with Gasteiger partial charge in [-0.1, -0.05) is 12.1 Å². The number of nitrogens with two attached hydrogens (primary N) is 1. The fourth-order valence-electron chi connectivity index (χ4n) is 2.03. The first-order valence-electron chi connectivity index (χ1n) is 6.53. The lowest BCUT2D eigenvalue weighted by atomic mass is 10.1. The van der Waals surface area contributed by atoms with Crippen molar-refractivity contribution >= 4 is 29.5 Å². The number of imide groups is 1. The van der Waals surface area contributed by atoms with E-state index in [0.29, 0.717) is 35.6 Å². The Morgan fingerprint density at radius 1 is 1.19 bits per heavy atom. The van der Waals surface area contributed by atoms with Crippen molar-refractivity contribution in [3.63, 3.8) is 0 Å². The molecule has 7 heteroatoms. The molecule has 0 spiro atoms. The van der Waals surface area contributed by atoms with Crippen LogP contribution in [0.25, 0.3) is 0 Å². The predicted molar refractivity (Wildman–Crippen MR) is 79.4 cm³/mol. The van der Waals surface area contributed by atoms with Gasteiger partial charge in [0.05, 0.1) is 11.1 Å². The smallest absolute Gasteiger partial charge is 0.320 e. The van der Waals surface area contributed by atoms with E-state index in [1.54, 1.807) is 24.3 Å². The van der Waals surface area contributed by atoms with E-state index < -0.39 is 12.0 Å². The van der Waals surface area contributed by atoms with Crippen molar-refractivity contribution in [3.05, 3.63) is 35.4 Å². The van der Waals surface area contributed by atoms with E-state index in [4.69, 9.17) is 10.8 Å². The van der Waals surface area contributed by atoms with E-state index in [9.17, 15) is 14.4 Å². The van der Waals surface area contributed by atoms with Crippen LogP contribution in [-0.2, 0) is 4.79 Å². The summed E-state index contributed by atoms with van der Waals surface area (Å²) in [4.78, 5) is 35.9. The molecule has 0 radical (unpaired) electrons. The molecule has 0 bridgehead atoms. The van der Waals surface area contributed by atoms with Gasteiger partial charge in [0, 0.05) is 12.3 Å². The quantitative estimate of drug-likeness (QED) is 0.571. The van der Waals surface area contributed by atoms with Gasteiger partial charge < -0.3 is 10.8 Å². The molecule has 21 heavy (non-hydrogen) atoms. The molecule has 2 rings (SSSR count). The minimum Gasteiger partial charge on any atom is -0.480 e. The van der Waals surface area contributed by atoms with Crippen molar-refractivity contribution in [1.82, 2.24) is 4.90 Å². The van der Waals surface area contributed by atoms with Crippen molar-refractivity contribution < 1.29 is 19.5 Å². The number of aliphatic carboxylic acids is 1. The molecule has 1 atom stereocenters. The summed E-state index contributed by atoms with van der Waals surface area (Å²) in [6, 6.07) is 5.89. The zero-order chi connectivity index (χ0) is 15.4. The molecule has 0 aliphatic carbocycles. The molecule has 6 nitrogen and oxygen atoms in total. The number of hydrogen-bond acceptors (Lipinski definition) is 5. The maximum absolute atomic E-state index is 12.1. The van der Waals surface area contributed by atoms with Gasteiger partial charge in [-0.3, -0.25) is 19.3 Å². The normalized spacial score (nSPS) is 15.2. The van der Waals surface area contributed by atoms with E-state index in [-0.39, 0.29) is 11.8 Å². The van der Waals surface area contributed by atoms with Crippen LogP contribution in [0.1, 0.15) is 27.1 Å². The number of hydrogen-bond donors (Lipinski definition) is 2. The fourth-order valence-corrected chi connectivity index (χ4v) is 2.97. The van der Waals surface area contributed by atoms with Gasteiger partial charge in [-0.2, -0.15) is 11.8 Å². The summed E-state index contributed by atoms with van der Waals surface area (Å²) in [5.74, 6) is -0.401. The summed E-state index contributed by atoms with van der Waals surface area (Å²) < 4.78 is 0. The number of nitrogens with zero attached hydrogens (tertiary/aromatic N) is 1. The van der Waals surface area contributed by atoms with Crippen molar-refractivity contribution in [2.75, 3.05) is 18.1 Å². The first-order valence-corrected chi connectivity index (χ1v) is 7.69. The maximum atomic E-state index is 12.1. The standard InChI is InChI=1S/C14H16N2O4S/c15-11(14(19)20)5-7-21-8-6-16-12(17)9-3-1-2-4-10(9)13(16)18/h1-4,11H,5-8,15H2,(H,19,20). The number of carbonyl (C=O) groups is 3. The molecule has 0 saturated carbocycles. The number of rotatable bonds is 7. The highest BCUT2D eigenvalue weighted by atomic mass is 32.2. The molecular formula is C14H16N2O4S. The van der Waals surface area contributed by atoms with Gasteiger partial charge >= 0.3 is 5.97 Å². The van der Waals surface area contributed by atoms with Crippen molar-refractivity contribution in [2.24, 2.45) is 5.73 Å². The second-order valence-corrected chi connectivity index (χ2v) is 5.88. The zero-order valence-corrected chi connectivity index (χ0v) is 12.1. The van der Waals surface area contributed by atoms with Crippen LogP contribution in [0.15, 0.2) is 24.3 Å². The first kappa shape index (κ1) is 15.5. The monoisotopic (exact) mass is 308 g/mol. The summed E-state index contributed by atoms with van der Waals surface area (Å²) in [6.45, 7) is 0.319. The second-order valence-electron chi connectivity index (χ2n) is 4.65. The summed E-state index contributed by atoms with van der Waals surface area (Å²) in [6.07, 6.45) is 0.363. The summed E-state index contributed by atoms with van der Waals surface area (Å²) >= 11 is 1.48. The Kier molecular flexibility index (Phi) is 4.98. The number of carbonyl (C=O) groups excluding carboxylic acids is 2. The highest BCUT2D eigenvalue weighted by molar-refractivity contribution is 7.99. The Morgan fingerprint density at radius 2 is 1.76 bits per heavy atom. The molecule has 1 aliphatic rings. The average Bonchev–Trinajstić information content (AvgIpc) is 2.71. The van der Waals surface area contributed by atoms with Gasteiger partial charge in [-0.15, -0.1) is 0 Å². The van der Waals surface area contributed by atoms with Gasteiger partial charge in [0.25, 0.3) is 11.8 Å². The topological polar surface area (TPSA) is 101 Å². The molecule has 0 aromatic heterocycles. The van der Waals surface area contributed by atoms with Crippen molar-refractivity contribution in [3.8, 4) is 0 Å². The predicted octanol–water partition coefficient (Wildman–Crippen LogP) is 0.818. The van der Waals surface area contributed by atoms with Gasteiger partial charge in [0.1, 0.15) is 6.04 Å². The molecule has 1 heterocycles. The van der Waals surface area contributed by atoms with Crippen LogP contribution in [0.4, 0.5) is 0 Å². The number of amides is 2. The summed E-state index contributed by atoms with van der Waals surface area (Å²) in [7, 11) is 0. The third kappa shape index (κ3) is 3.43. The molecule has 1 aromatic carbocycles. The van der Waals surface area contributed by atoms with Gasteiger partial charge in [0.15, 0.2) is 0 Å². The van der Waals surface area contributed by atoms with E-state index >= 15 is 0 Å². The Morgan fingerprint density at radius 3 is 2.29 bits per heavy atom. The Bertz CT molecular complexity index is 541. The number of fused-ring (bicyclic) bond motifs is 1. The molecule has 0 fully saturated rings. The van der Waals surface area contributed by atoms with Crippen LogP contribution in [0.2, 0.25) is 0 Å². The summed E-state index contributed by atoms with van der Waals surface area (Å²) in [5, 5.41) is 8.65. The summed E-state index contributed by atoms with van der Waals surface area (Å²) in [5.41, 5.74) is 6.28. The minimum absolute atomic E-state index is 0.265. The van der Waals surface area contributed by atoms with Crippen LogP contribution in [0, 0.1) is 0 Å². The largest absolute Gasteiger partial charge is 0.480 e. The SMILES string of the molecule is NC(CCSCCN1C(=O)c2ccccc2C1=O)C(=O)O. The number of carboxylic acid groups (broad SMARTS) is 1. The second kappa shape index (κ2) is 6.73. The molecule has 3 N–H and O–H groups in total. The van der Waals surface area contributed by atoms with E-state index in [1.807, 2.05) is 0 Å². The van der Waals surface area contributed by atoms with Gasteiger partial charge in [-0.05, 0) is 24.3 Å². The van der Waals surface area contributed by atoms with Crippen LogP contribution < -0.4 is 5.73 Å². The molecule has 1 aliphatic heterocycles. The fraction of sp³-hybridized carbons (Fsp3) is 0.357. The van der Waals surface area contributed by atoms with Crippen molar-refractivity contribution in [1.29, 1.82) is 0 Å². The van der Waals surface area contributed by atoms with Gasteiger partial charge in [0.2, 0.25) is 0 Å². The van der Waals surface area contributed by atoms with Gasteiger partial charge in [-0.25, -0.2) is 0 Å². The molecule has 1 aromatic rings. The Balaban J connectivity index is 1.79. The third-order valence-corrected chi connectivity index (χ3v) is 4.22. The van der Waals surface area contributed by atoms with E-state index in [2.05, 4.69) is 0 Å². The van der Waals surface area contributed by atoms with E-state index in [1.165, 1.54) is 16.7 Å². The minimum atomic E-state index is -1.02. The molecule has 112 valence electrons. The first-order chi connectivity index (χ1) is 10.0. The lowest BCUT2D eigenvalue weighted by Gasteiger charge is -2.13. The number of thioether (sulfide) groups is 1. The van der Waals surface area contributed by atoms with Crippen LogP contribution in [-0.4, -0.2) is 51.9 Å². The maximum Gasteiger partial charge on any atom is 0.320 e. The molecule has 1 unspecified atom stereocenters. The van der Waals surface area contributed by atoms with Crippen LogP contribution in [0.5, 0.6) is 0 Å². The Labute approximate surface area is 126 Å². The molecule has 2 amide bonds. The number of carboxylic acids is 1. The van der Waals surface area contributed by atoms with Crippen LogP contribution >= 0.6 is 11.8 Å². The highest BCUT2D eigenvalue weighted by Crippen LogP contribution is 2.22. The van der Waals surface area contributed by atoms with Crippen molar-refractivity contribution in [2.45, 2.75) is 12.5 Å². The van der Waals surface area contributed by atoms with E-state index in [0.717, 1.165) is 0 Å². The molecular weight excluding hydrogens is 292 g/mol. The average molecular weight is 308 g/mol. The Hall–Kier alpha value is -1.86. The third-order valence-electron chi connectivity index (χ3n) is 3.23. The highest BCUT2D eigenvalue weighted by Gasteiger charge is 2.34.